The Balaban J connectivity index is 0.000000148. The van der Waals surface area contributed by atoms with Crippen LogP contribution in [0.3, 0.4) is 0 Å². The molecule has 0 amide bonds. The molecule has 4 aromatic rings. The van der Waals surface area contributed by atoms with E-state index in [0.717, 1.165) is 0 Å². The van der Waals surface area contributed by atoms with Gasteiger partial charge in [-0.3, -0.25) is 9.13 Å². The molecule has 6 atom stereocenters. The number of hydrogen-bond donors (Lipinski definition) is 6. The molecular formula is C20H26N10O6. The van der Waals surface area contributed by atoms with Gasteiger partial charge in [0.25, 0.3) is 0 Å². The van der Waals surface area contributed by atoms with Crippen LogP contribution in [0.2, 0.25) is 0 Å². The first-order chi connectivity index (χ1) is 17.4. The number of nitrogen functional groups attached to an aromatic ring is 2. The van der Waals surface area contributed by atoms with Gasteiger partial charge in [-0.05, 0) is 0 Å². The zero-order valence-electron chi connectivity index (χ0n) is 18.9. The summed E-state index contributed by atoms with van der Waals surface area (Å²) in [7, 11) is 0. The minimum absolute atomic E-state index is 0.128. The fraction of sp³-hybridized carbons (Fsp3) is 0.500. The van der Waals surface area contributed by atoms with Crippen molar-refractivity contribution in [2.45, 2.75) is 49.7 Å². The quantitative estimate of drug-likeness (QED) is 0.179. The number of fused-ring (bicyclic) bond motifs is 2. The molecule has 2 aliphatic heterocycles. The fourth-order valence-electron chi connectivity index (χ4n) is 4.31. The molecule has 0 saturated carbocycles. The zero-order chi connectivity index (χ0) is 25.4. The maximum atomic E-state index is 9.93. The Morgan fingerprint density at radius 2 is 1.14 bits per heavy atom. The van der Waals surface area contributed by atoms with Gasteiger partial charge in [0.2, 0.25) is 0 Å². The Hall–Kier alpha value is -3.54. The highest BCUT2D eigenvalue weighted by Crippen LogP contribution is 2.32. The summed E-state index contributed by atoms with van der Waals surface area (Å²) < 4.78 is 14.3. The summed E-state index contributed by atoms with van der Waals surface area (Å²) in [6.45, 7) is -0.255. The third-order valence-corrected chi connectivity index (χ3v) is 6.06. The Morgan fingerprint density at radius 3 is 1.50 bits per heavy atom. The molecule has 6 rings (SSSR count). The van der Waals surface area contributed by atoms with Crippen LogP contribution in [0.25, 0.3) is 22.3 Å². The van der Waals surface area contributed by atoms with E-state index in [1.165, 1.54) is 25.3 Å². The Kier molecular flexibility index (Phi) is 6.61. The maximum Gasteiger partial charge on any atom is 0.167 e. The third-order valence-electron chi connectivity index (χ3n) is 6.06. The van der Waals surface area contributed by atoms with E-state index in [1.54, 1.807) is 9.13 Å². The van der Waals surface area contributed by atoms with Crippen molar-refractivity contribution < 1.29 is 29.9 Å². The van der Waals surface area contributed by atoms with E-state index in [2.05, 4.69) is 29.9 Å². The monoisotopic (exact) mass is 502 g/mol. The van der Waals surface area contributed by atoms with Gasteiger partial charge >= 0.3 is 0 Å². The summed E-state index contributed by atoms with van der Waals surface area (Å²) >= 11 is 0. The van der Waals surface area contributed by atoms with Gasteiger partial charge in [-0.2, -0.15) is 0 Å². The van der Waals surface area contributed by atoms with Crippen molar-refractivity contribution in [3.05, 3.63) is 25.3 Å². The molecule has 0 aromatic carbocycles. The van der Waals surface area contributed by atoms with Gasteiger partial charge < -0.3 is 41.4 Å². The molecule has 16 nitrogen and oxygen atoms in total. The fourth-order valence-corrected chi connectivity index (χ4v) is 4.31. The van der Waals surface area contributed by atoms with E-state index < -0.39 is 24.7 Å². The lowest BCUT2D eigenvalue weighted by Crippen LogP contribution is -2.19. The van der Waals surface area contributed by atoms with E-state index in [0.29, 0.717) is 35.2 Å². The topological polar surface area (TPSA) is 239 Å². The van der Waals surface area contributed by atoms with Crippen LogP contribution in [0.5, 0.6) is 0 Å². The lowest BCUT2D eigenvalue weighted by atomic mass is 10.2. The largest absolute Gasteiger partial charge is 0.394 e. The molecule has 0 spiro atoms. The van der Waals surface area contributed by atoms with Crippen molar-refractivity contribution in [1.29, 1.82) is 0 Å². The van der Waals surface area contributed by atoms with E-state index in [4.69, 9.17) is 31.2 Å². The Morgan fingerprint density at radius 1 is 0.722 bits per heavy atom. The number of aromatic nitrogens is 8. The molecule has 2 fully saturated rings. The van der Waals surface area contributed by atoms with Gasteiger partial charge in [0.05, 0.1) is 38.1 Å². The van der Waals surface area contributed by atoms with Crippen molar-refractivity contribution in [3.63, 3.8) is 0 Å². The van der Waals surface area contributed by atoms with Gasteiger partial charge in [-0.15, -0.1) is 0 Å². The number of hydrogen-bond acceptors (Lipinski definition) is 14. The molecule has 6 heterocycles. The number of imidazole rings is 2. The van der Waals surface area contributed by atoms with Crippen LogP contribution in [-0.2, 0) is 9.47 Å². The van der Waals surface area contributed by atoms with Crippen molar-refractivity contribution >= 4 is 34.0 Å². The average molecular weight is 502 g/mol. The first kappa shape index (κ1) is 24.2. The molecule has 16 heteroatoms. The van der Waals surface area contributed by atoms with E-state index >= 15 is 0 Å². The zero-order valence-corrected chi connectivity index (χ0v) is 18.9. The number of ether oxygens (including phenoxy) is 2. The number of nitrogens with zero attached hydrogens (tertiary/aromatic N) is 8. The van der Waals surface area contributed by atoms with Crippen LogP contribution in [0.15, 0.2) is 25.3 Å². The molecule has 8 N–H and O–H groups in total. The Labute approximate surface area is 203 Å². The van der Waals surface area contributed by atoms with Crippen LogP contribution >= 0.6 is 0 Å². The van der Waals surface area contributed by atoms with Gasteiger partial charge in [0.15, 0.2) is 35.4 Å². The number of aliphatic hydroxyl groups is 4. The molecule has 192 valence electrons. The first-order valence-electron chi connectivity index (χ1n) is 11.2. The SMILES string of the molecule is Nc1ncnc2c1ncn2[C@@H]1O[C@H](CO)C[C@H]1O.Nc1ncnc2c1ncn2[C@@H]1O[C@H](CO)C[C@H]1O. The van der Waals surface area contributed by atoms with Crippen LogP contribution in [0, 0.1) is 0 Å². The highest BCUT2D eigenvalue weighted by atomic mass is 16.5. The van der Waals surface area contributed by atoms with Crippen LogP contribution in [0.1, 0.15) is 25.3 Å². The summed E-state index contributed by atoms with van der Waals surface area (Å²) in [4.78, 5) is 24.1. The standard InChI is InChI=1S/2C10H13N5O3/c2*11-8-7-9(13-3-12-8)15(4-14-7)10-6(17)1-5(2-16)18-10/h2*3-6,10,16-17H,1-2H2,(H2,11,12,13)/t2*5-,6+,10+/m00/s1. The average Bonchev–Trinajstić information content (AvgIpc) is 3.64. The Bertz CT molecular complexity index is 1250. The maximum absolute atomic E-state index is 9.93. The van der Waals surface area contributed by atoms with E-state index in [9.17, 15) is 10.2 Å². The van der Waals surface area contributed by atoms with Crippen molar-refractivity contribution in [2.24, 2.45) is 0 Å². The molecule has 0 unspecified atom stereocenters. The smallest absolute Gasteiger partial charge is 0.167 e. The second-order valence-corrected chi connectivity index (χ2v) is 8.43. The number of nitrogens with two attached hydrogens (primary N) is 2. The predicted molar refractivity (Wildman–Crippen MR) is 123 cm³/mol. The second kappa shape index (κ2) is 9.84. The second-order valence-electron chi connectivity index (χ2n) is 8.43. The van der Waals surface area contributed by atoms with Crippen molar-refractivity contribution in [3.8, 4) is 0 Å². The minimum Gasteiger partial charge on any atom is -0.394 e. The summed E-state index contributed by atoms with van der Waals surface area (Å²) in [5.74, 6) is 0.565. The molecule has 2 saturated heterocycles. The van der Waals surface area contributed by atoms with Gasteiger partial charge in [-0.1, -0.05) is 0 Å². The number of anilines is 2. The van der Waals surface area contributed by atoms with Crippen molar-refractivity contribution in [1.82, 2.24) is 39.0 Å². The first-order valence-corrected chi connectivity index (χ1v) is 11.2. The lowest BCUT2D eigenvalue weighted by molar-refractivity contribution is -0.0486. The van der Waals surface area contributed by atoms with E-state index in [1.807, 2.05) is 0 Å². The minimum atomic E-state index is -0.712. The predicted octanol–water partition coefficient (Wildman–Crippen LogP) is -1.90. The molecule has 2 aliphatic rings. The van der Waals surface area contributed by atoms with E-state index in [-0.39, 0.29) is 37.1 Å². The molecule has 0 radical (unpaired) electrons. The van der Waals surface area contributed by atoms with Crippen LogP contribution in [0.4, 0.5) is 11.6 Å². The highest BCUT2D eigenvalue weighted by Gasteiger charge is 2.37. The third kappa shape index (κ3) is 4.29. The molecule has 36 heavy (non-hydrogen) atoms. The molecule has 0 aliphatic carbocycles. The molecule has 4 aromatic heterocycles. The highest BCUT2D eigenvalue weighted by molar-refractivity contribution is 5.81. The van der Waals surface area contributed by atoms with Crippen LogP contribution in [-0.4, -0.2) is 97.1 Å². The summed E-state index contributed by atoms with van der Waals surface area (Å²) in [6.07, 6.45) is 3.04. The lowest BCUT2D eigenvalue weighted by Gasteiger charge is -2.16. The van der Waals surface area contributed by atoms with Gasteiger partial charge in [0, 0.05) is 12.8 Å². The molecule has 0 bridgehead atoms. The summed E-state index contributed by atoms with van der Waals surface area (Å²) in [5.41, 5.74) is 13.3. The summed E-state index contributed by atoms with van der Waals surface area (Å²) in [5, 5.41) is 38.0. The summed E-state index contributed by atoms with van der Waals surface area (Å²) in [6, 6.07) is 0. The molecular weight excluding hydrogens is 476 g/mol. The number of aliphatic hydroxyl groups excluding tert-OH is 4. The van der Waals surface area contributed by atoms with Crippen molar-refractivity contribution in [2.75, 3.05) is 24.7 Å². The normalized spacial score (nSPS) is 28.0. The van der Waals surface area contributed by atoms with Gasteiger partial charge in [-0.25, -0.2) is 29.9 Å². The number of rotatable bonds is 4. The van der Waals surface area contributed by atoms with Gasteiger partial charge in [0.1, 0.15) is 35.9 Å². The van der Waals surface area contributed by atoms with Crippen LogP contribution < -0.4 is 11.5 Å².